The Labute approximate surface area is 102 Å². The fourth-order valence-electron chi connectivity index (χ4n) is 1.51. The molecule has 1 aromatic heterocycles. The van der Waals surface area contributed by atoms with Crippen molar-refractivity contribution in [1.82, 2.24) is 15.0 Å². The van der Waals surface area contributed by atoms with Crippen molar-refractivity contribution >= 4 is 11.9 Å². The van der Waals surface area contributed by atoms with Crippen LogP contribution in [0.5, 0.6) is 6.01 Å². The molecule has 17 heavy (non-hydrogen) atoms. The highest BCUT2D eigenvalue weighted by molar-refractivity contribution is 5.38. The Balaban J connectivity index is 3.08. The van der Waals surface area contributed by atoms with E-state index in [9.17, 15) is 0 Å². The number of nitrogens with zero attached hydrogens (tertiary/aromatic N) is 4. The standard InChI is InChI=1S/C11H21N5O/c1-6-7-16(8(2)3)10-13-9(12-4)14-11(15-10)17-5/h8H,6-7H2,1-5H3,(H,12,13,14,15). The van der Waals surface area contributed by atoms with Crippen molar-refractivity contribution in [3.05, 3.63) is 0 Å². The zero-order chi connectivity index (χ0) is 12.8. The molecule has 0 amide bonds. The molecule has 0 fully saturated rings. The fourth-order valence-corrected chi connectivity index (χ4v) is 1.51. The molecular weight excluding hydrogens is 218 g/mol. The largest absolute Gasteiger partial charge is 0.467 e. The number of nitrogens with one attached hydrogen (secondary N) is 1. The van der Waals surface area contributed by atoms with Crippen LogP contribution < -0.4 is 15.0 Å². The number of aromatic nitrogens is 3. The maximum atomic E-state index is 5.08. The molecule has 0 atom stereocenters. The van der Waals surface area contributed by atoms with E-state index in [4.69, 9.17) is 4.74 Å². The van der Waals surface area contributed by atoms with Gasteiger partial charge in [-0.05, 0) is 20.3 Å². The summed E-state index contributed by atoms with van der Waals surface area (Å²) in [6.45, 7) is 7.27. The van der Waals surface area contributed by atoms with Crippen LogP contribution >= 0.6 is 0 Å². The number of hydrogen-bond donors (Lipinski definition) is 1. The van der Waals surface area contributed by atoms with E-state index in [1.807, 2.05) is 0 Å². The van der Waals surface area contributed by atoms with Gasteiger partial charge in [0.25, 0.3) is 0 Å². The van der Waals surface area contributed by atoms with E-state index in [0.717, 1.165) is 13.0 Å². The van der Waals surface area contributed by atoms with Crippen LogP contribution in [0.4, 0.5) is 11.9 Å². The van der Waals surface area contributed by atoms with Crippen molar-refractivity contribution in [3.8, 4) is 6.01 Å². The van der Waals surface area contributed by atoms with Gasteiger partial charge < -0.3 is 15.0 Å². The normalized spacial score (nSPS) is 10.5. The lowest BCUT2D eigenvalue weighted by molar-refractivity contribution is 0.378. The first-order valence-electron chi connectivity index (χ1n) is 5.86. The highest BCUT2D eigenvalue weighted by Crippen LogP contribution is 2.16. The first-order valence-corrected chi connectivity index (χ1v) is 5.86. The van der Waals surface area contributed by atoms with Crippen LogP contribution in [0.2, 0.25) is 0 Å². The van der Waals surface area contributed by atoms with Crippen molar-refractivity contribution in [3.63, 3.8) is 0 Å². The van der Waals surface area contributed by atoms with Crippen LogP contribution in [0.1, 0.15) is 27.2 Å². The first kappa shape index (κ1) is 13.5. The molecule has 0 aliphatic carbocycles. The zero-order valence-electron chi connectivity index (χ0n) is 11.2. The van der Waals surface area contributed by atoms with Crippen LogP contribution in [0.25, 0.3) is 0 Å². The van der Waals surface area contributed by atoms with E-state index in [1.54, 1.807) is 14.2 Å². The van der Waals surface area contributed by atoms with Crippen molar-refractivity contribution in [2.24, 2.45) is 0 Å². The molecule has 6 heteroatoms. The lowest BCUT2D eigenvalue weighted by atomic mass is 10.3. The quantitative estimate of drug-likeness (QED) is 0.812. The molecule has 1 N–H and O–H groups in total. The Hall–Kier alpha value is -1.59. The van der Waals surface area contributed by atoms with Crippen molar-refractivity contribution in [2.45, 2.75) is 33.2 Å². The van der Waals surface area contributed by atoms with Gasteiger partial charge >= 0.3 is 6.01 Å². The van der Waals surface area contributed by atoms with Gasteiger partial charge in [0, 0.05) is 19.6 Å². The van der Waals surface area contributed by atoms with E-state index >= 15 is 0 Å². The van der Waals surface area contributed by atoms with Crippen LogP contribution in [-0.2, 0) is 0 Å². The molecule has 0 aliphatic heterocycles. The minimum absolute atomic E-state index is 0.334. The second-order valence-electron chi connectivity index (χ2n) is 3.98. The number of ether oxygens (including phenoxy) is 1. The SMILES string of the molecule is CCCN(c1nc(NC)nc(OC)n1)C(C)C. The summed E-state index contributed by atoms with van der Waals surface area (Å²) in [5.41, 5.74) is 0. The molecule has 0 bridgehead atoms. The molecule has 96 valence electrons. The van der Waals surface area contributed by atoms with Crippen LogP contribution in [0.3, 0.4) is 0 Å². The summed E-state index contributed by atoms with van der Waals surface area (Å²) in [6.07, 6.45) is 1.04. The zero-order valence-corrected chi connectivity index (χ0v) is 11.2. The first-order chi connectivity index (χ1) is 8.12. The third kappa shape index (κ3) is 3.44. The molecule has 0 aliphatic rings. The Morgan fingerprint density at radius 1 is 1.29 bits per heavy atom. The molecule has 1 heterocycles. The second-order valence-corrected chi connectivity index (χ2v) is 3.98. The Bertz CT molecular complexity index is 333. The lowest BCUT2D eigenvalue weighted by Gasteiger charge is -2.26. The molecule has 0 radical (unpaired) electrons. The van der Waals surface area contributed by atoms with E-state index < -0.39 is 0 Å². The maximum Gasteiger partial charge on any atom is 0.322 e. The van der Waals surface area contributed by atoms with Gasteiger partial charge in [0.2, 0.25) is 11.9 Å². The maximum absolute atomic E-state index is 5.08. The average Bonchev–Trinajstić information content (AvgIpc) is 2.34. The summed E-state index contributed by atoms with van der Waals surface area (Å²) in [5.74, 6) is 1.17. The Kier molecular flexibility index (Phi) is 4.93. The molecule has 0 unspecified atom stereocenters. The summed E-state index contributed by atoms with van der Waals surface area (Å²) >= 11 is 0. The predicted octanol–water partition coefficient (Wildman–Crippen LogP) is 1.55. The average molecular weight is 239 g/mol. The molecule has 6 nitrogen and oxygen atoms in total. The fraction of sp³-hybridized carbons (Fsp3) is 0.727. The Morgan fingerprint density at radius 3 is 2.47 bits per heavy atom. The van der Waals surface area contributed by atoms with Gasteiger partial charge in [0.05, 0.1) is 7.11 Å². The van der Waals surface area contributed by atoms with Gasteiger partial charge in [0.1, 0.15) is 0 Å². The van der Waals surface area contributed by atoms with E-state index in [1.165, 1.54) is 0 Å². The lowest BCUT2D eigenvalue weighted by Crippen LogP contribution is -2.33. The van der Waals surface area contributed by atoms with Crippen LogP contribution in [-0.4, -0.2) is 41.7 Å². The van der Waals surface area contributed by atoms with Gasteiger partial charge in [-0.1, -0.05) is 6.92 Å². The highest BCUT2D eigenvalue weighted by atomic mass is 16.5. The third-order valence-corrected chi connectivity index (χ3v) is 2.35. The summed E-state index contributed by atoms with van der Waals surface area (Å²) in [7, 11) is 3.33. The van der Waals surface area contributed by atoms with Crippen molar-refractivity contribution < 1.29 is 4.74 Å². The van der Waals surface area contributed by atoms with E-state index in [0.29, 0.717) is 23.9 Å². The smallest absolute Gasteiger partial charge is 0.322 e. The number of methoxy groups -OCH3 is 1. The minimum Gasteiger partial charge on any atom is -0.467 e. The van der Waals surface area contributed by atoms with Crippen molar-refractivity contribution in [1.29, 1.82) is 0 Å². The number of hydrogen-bond acceptors (Lipinski definition) is 6. The monoisotopic (exact) mass is 239 g/mol. The summed E-state index contributed by atoms with van der Waals surface area (Å²) in [6, 6.07) is 0.674. The Morgan fingerprint density at radius 2 is 2.00 bits per heavy atom. The molecule has 0 aromatic carbocycles. The molecule has 0 saturated heterocycles. The van der Waals surface area contributed by atoms with Gasteiger partial charge in [-0.2, -0.15) is 15.0 Å². The molecular formula is C11H21N5O. The van der Waals surface area contributed by atoms with Crippen molar-refractivity contribution in [2.75, 3.05) is 30.9 Å². The summed E-state index contributed by atoms with van der Waals surface area (Å²) < 4.78 is 5.08. The van der Waals surface area contributed by atoms with Gasteiger partial charge in [0.15, 0.2) is 0 Å². The van der Waals surface area contributed by atoms with E-state index in [2.05, 4.69) is 45.9 Å². The molecule has 1 aromatic rings. The third-order valence-electron chi connectivity index (χ3n) is 2.35. The second kappa shape index (κ2) is 6.22. The summed E-state index contributed by atoms with van der Waals surface area (Å²) in [4.78, 5) is 14.9. The number of rotatable bonds is 6. The van der Waals surface area contributed by atoms with Gasteiger partial charge in [-0.25, -0.2) is 0 Å². The number of anilines is 2. The molecule has 0 spiro atoms. The highest BCUT2D eigenvalue weighted by Gasteiger charge is 2.15. The van der Waals surface area contributed by atoms with Crippen LogP contribution in [0.15, 0.2) is 0 Å². The minimum atomic E-state index is 0.334. The van der Waals surface area contributed by atoms with Crippen LogP contribution in [0, 0.1) is 0 Å². The van der Waals surface area contributed by atoms with Gasteiger partial charge in [-0.3, -0.25) is 0 Å². The van der Waals surface area contributed by atoms with E-state index in [-0.39, 0.29) is 0 Å². The summed E-state index contributed by atoms with van der Waals surface area (Å²) in [5, 5.41) is 2.91. The predicted molar refractivity (Wildman–Crippen MR) is 68.7 cm³/mol. The van der Waals surface area contributed by atoms with Gasteiger partial charge in [-0.15, -0.1) is 0 Å². The topological polar surface area (TPSA) is 63.2 Å². The molecule has 1 rings (SSSR count). The molecule has 0 saturated carbocycles.